The van der Waals surface area contributed by atoms with Gasteiger partial charge >= 0.3 is 0 Å². The second-order valence-electron chi connectivity index (χ2n) is 6.67. The van der Waals surface area contributed by atoms with Crippen molar-refractivity contribution in [1.29, 1.82) is 0 Å². The summed E-state index contributed by atoms with van der Waals surface area (Å²) in [5.41, 5.74) is 3.97. The maximum atomic E-state index is 6.02. The number of rotatable bonds is 5. The van der Waals surface area contributed by atoms with Crippen LogP contribution in [0, 0.1) is 6.92 Å². The van der Waals surface area contributed by atoms with Gasteiger partial charge in [-0.2, -0.15) is 19.7 Å². The lowest BCUT2D eigenvalue weighted by molar-refractivity contribution is 0.841. The summed E-state index contributed by atoms with van der Waals surface area (Å²) in [4.78, 5) is 9.09. The number of fused-ring (bicyclic) bond motifs is 1. The molecule has 138 valence electrons. The summed E-state index contributed by atoms with van der Waals surface area (Å²) in [5.74, 6) is 1.71. The molecule has 0 radical (unpaired) electrons. The highest BCUT2D eigenvalue weighted by molar-refractivity contribution is 6.30. The molecule has 4 aromatic rings. The third kappa shape index (κ3) is 3.38. The van der Waals surface area contributed by atoms with Crippen LogP contribution >= 0.6 is 11.6 Å². The first-order chi connectivity index (χ1) is 13.0. The molecule has 0 aliphatic carbocycles. The first kappa shape index (κ1) is 17.5. The summed E-state index contributed by atoms with van der Waals surface area (Å²) in [5, 5.41) is 12.8. The summed E-state index contributed by atoms with van der Waals surface area (Å²) in [6.45, 7) is 6.72. The predicted molar refractivity (Wildman–Crippen MR) is 106 cm³/mol. The molecular formula is C19H20ClN7. The largest absolute Gasteiger partial charge is 0.350 e. The topological polar surface area (TPSA) is 72.9 Å². The van der Waals surface area contributed by atoms with E-state index in [9.17, 15) is 0 Å². The molecule has 0 atom stereocenters. The predicted octanol–water partition coefficient (Wildman–Crippen LogP) is 4.01. The Morgan fingerprint density at radius 1 is 1.11 bits per heavy atom. The van der Waals surface area contributed by atoms with Gasteiger partial charge in [0.05, 0.1) is 23.1 Å². The van der Waals surface area contributed by atoms with Crippen LogP contribution in [0.4, 0.5) is 5.95 Å². The fourth-order valence-electron chi connectivity index (χ4n) is 3.01. The standard InChI is InChI=1S/C19H20ClN7/c1-12(2)16-10-23-27-18(16)24-13(3)25-19(27)21-8-14-6-4-5-7-17(14)26-11-15(20)9-22-26/h4-7,9-12H,8H2,1-3H3,(H,21,24,25). The van der Waals surface area contributed by atoms with Crippen LogP contribution in [0.5, 0.6) is 0 Å². The van der Waals surface area contributed by atoms with E-state index in [2.05, 4.69) is 39.3 Å². The highest BCUT2D eigenvalue weighted by Gasteiger charge is 2.14. The zero-order valence-corrected chi connectivity index (χ0v) is 16.1. The van der Waals surface area contributed by atoms with Crippen LogP contribution in [-0.4, -0.2) is 29.4 Å². The van der Waals surface area contributed by atoms with Gasteiger partial charge in [0.1, 0.15) is 5.82 Å². The zero-order chi connectivity index (χ0) is 19.0. The van der Waals surface area contributed by atoms with E-state index in [1.54, 1.807) is 21.6 Å². The lowest BCUT2D eigenvalue weighted by Gasteiger charge is -2.12. The number of aromatic nitrogens is 6. The molecule has 0 amide bonds. The highest BCUT2D eigenvalue weighted by Crippen LogP contribution is 2.22. The minimum atomic E-state index is 0.343. The van der Waals surface area contributed by atoms with Gasteiger partial charge in [-0.15, -0.1) is 0 Å². The fraction of sp³-hybridized carbons (Fsp3) is 0.263. The van der Waals surface area contributed by atoms with Crippen molar-refractivity contribution in [2.24, 2.45) is 0 Å². The molecule has 0 spiro atoms. The number of halogens is 1. The summed E-state index contributed by atoms with van der Waals surface area (Å²) < 4.78 is 3.53. The van der Waals surface area contributed by atoms with Crippen LogP contribution in [0.1, 0.15) is 36.7 Å². The normalized spacial score (nSPS) is 11.4. The molecule has 0 aliphatic rings. The van der Waals surface area contributed by atoms with Crippen LogP contribution in [0.15, 0.2) is 42.9 Å². The second-order valence-corrected chi connectivity index (χ2v) is 7.11. The maximum absolute atomic E-state index is 6.02. The van der Waals surface area contributed by atoms with Gasteiger partial charge < -0.3 is 5.32 Å². The number of para-hydroxylation sites is 1. The Morgan fingerprint density at radius 3 is 2.67 bits per heavy atom. The molecule has 0 aliphatic heterocycles. The van der Waals surface area contributed by atoms with E-state index in [4.69, 9.17) is 11.6 Å². The zero-order valence-electron chi connectivity index (χ0n) is 15.4. The summed E-state index contributed by atoms with van der Waals surface area (Å²) >= 11 is 6.02. The third-order valence-electron chi connectivity index (χ3n) is 4.36. The van der Waals surface area contributed by atoms with Crippen LogP contribution < -0.4 is 5.32 Å². The number of nitrogens with zero attached hydrogens (tertiary/aromatic N) is 6. The number of hydrogen-bond donors (Lipinski definition) is 1. The van der Waals surface area contributed by atoms with E-state index in [1.807, 2.05) is 37.4 Å². The average molecular weight is 382 g/mol. The van der Waals surface area contributed by atoms with Gasteiger partial charge in [0.25, 0.3) is 0 Å². The Labute approximate surface area is 162 Å². The molecule has 8 heteroatoms. The smallest absolute Gasteiger partial charge is 0.227 e. The van der Waals surface area contributed by atoms with Crippen molar-refractivity contribution in [2.45, 2.75) is 33.2 Å². The number of anilines is 1. The molecule has 0 fully saturated rings. The lowest BCUT2D eigenvalue weighted by Crippen LogP contribution is -2.11. The minimum Gasteiger partial charge on any atom is -0.350 e. The van der Waals surface area contributed by atoms with Crippen molar-refractivity contribution in [3.8, 4) is 5.69 Å². The van der Waals surface area contributed by atoms with Gasteiger partial charge in [-0.05, 0) is 24.5 Å². The van der Waals surface area contributed by atoms with Crippen molar-refractivity contribution in [2.75, 3.05) is 5.32 Å². The molecule has 1 aromatic carbocycles. The van der Waals surface area contributed by atoms with Crippen LogP contribution in [0.3, 0.4) is 0 Å². The number of benzene rings is 1. The first-order valence-electron chi connectivity index (χ1n) is 8.77. The molecule has 0 saturated heterocycles. The summed E-state index contributed by atoms with van der Waals surface area (Å²) in [6, 6.07) is 8.03. The van der Waals surface area contributed by atoms with Gasteiger partial charge in [-0.1, -0.05) is 43.6 Å². The Hall–Kier alpha value is -2.93. The molecule has 3 aromatic heterocycles. The highest BCUT2D eigenvalue weighted by atomic mass is 35.5. The van der Waals surface area contributed by atoms with E-state index >= 15 is 0 Å². The molecule has 3 heterocycles. The molecule has 4 rings (SSSR count). The molecular weight excluding hydrogens is 362 g/mol. The number of hydrogen-bond acceptors (Lipinski definition) is 5. The molecule has 0 saturated carbocycles. The van der Waals surface area contributed by atoms with Gasteiger partial charge in [0.2, 0.25) is 5.95 Å². The van der Waals surface area contributed by atoms with Crippen LogP contribution in [0.2, 0.25) is 5.02 Å². The molecule has 0 bridgehead atoms. The Kier molecular flexibility index (Phi) is 4.53. The van der Waals surface area contributed by atoms with Gasteiger partial charge in [0.15, 0.2) is 5.65 Å². The summed E-state index contributed by atoms with van der Waals surface area (Å²) in [6.07, 6.45) is 5.27. The van der Waals surface area contributed by atoms with E-state index < -0.39 is 0 Å². The molecule has 0 unspecified atom stereocenters. The van der Waals surface area contributed by atoms with Crippen LogP contribution in [0.25, 0.3) is 11.3 Å². The number of nitrogens with one attached hydrogen (secondary N) is 1. The van der Waals surface area contributed by atoms with Crippen molar-refractivity contribution in [1.82, 2.24) is 29.4 Å². The molecule has 7 nitrogen and oxygen atoms in total. The van der Waals surface area contributed by atoms with Crippen LogP contribution in [-0.2, 0) is 6.54 Å². The van der Waals surface area contributed by atoms with E-state index in [0.29, 0.717) is 29.3 Å². The average Bonchev–Trinajstić information content (AvgIpc) is 3.26. The first-order valence-corrected chi connectivity index (χ1v) is 9.15. The third-order valence-corrected chi connectivity index (χ3v) is 4.55. The van der Waals surface area contributed by atoms with Gasteiger partial charge in [-0.25, -0.2) is 9.67 Å². The Bertz CT molecular complexity index is 1100. The SMILES string of the molecule is Cc1nc(NCc2ccccc2-n2cc(Cl)cn2)n2ncc(C(C)C)c2n1. The fourth-order valence-corrected chi connectivity index (χ4v) is 3.15. The van der Waals surface area contributed by atoms with E-state index in [1.165, 1.54) is 0 Å². The summed E-state index contributed by atoms with van der Waals surface area (Å²) in [7, 11) is 0. The molecule has 27 heavy (non-hydrogen) atoms. The minimum absolute atomic E-state index is 0.343. The quantitative estimate of drug-likeness (QED) is 0.565. The maximum Gasteiger partial charge on any atom is 0.227 e. The van der Waals surface area contributed by atoms with E-state index in [-0.39, 0.29) is 0 Å². The number of aryl methyl sites for hydroxylation is 1. The Morgan fingerprint density at radius 2 is 1.93 bits per heavy atom. The lowest BCUT2D eigenvalue weighted by atomic mass is 10.1. The van der Waals surface area contributed by atoms with Gasteiger partial charge in [0, 0.05) is 18.3 Å². The monoisotopic (exact) mass is 381 g/mol. The van der Waals surface area contributed by atoms with E-state index in [0.717, 1.165) is 22.5 Å². The van der Waals surface area contributed by atoms with Crippen molar-refractivity contribution < 1.29 is 0 Å². The van der Waals surface area contributed by atoms with Crippen molar-refractivity contribution in [3.63, 3.8) is 0 Å². The van der Waals surface area contributed by atoms with Gasteiger partial charge in [-0.3, -0.25) is 0 Å². The molecule has 1 N–H and O–H groups in total. The van der Waals surface area contributed by atoms with Crippen molar-refractivity contribution >= 4 is 23.2 Å². The van der Waals surface area contributed by atoms with Crippen molar-refractivity contribution in [3.05, 3.63) is 64.8 Å². The Balaban J connectivity index is 1.67. The second kappa shape index (κ2) is 7.00.